The molecule has 0 spiro atoms. The van der Waals surface area contributed by atoms with Gasteiger partial charge in [-0.25, -0.2) is 0 Å². The van der Waals surface area contributed by atoms with Gasteiger partial charge in [-0.15, -0.1) is 0 Å². The Hall–Kier alpha value is -1.33. The van der Waals surface area contributed by atoms with Crippen LogP contribution in [0.25, 0.3) is 11.3 Å². The lowest BCUT2D eigenvalue weighted by molar-refractivity contribution is 0.383. The maximum Gasteiger partial charge on any atom is 0.0710 e. The first kappa shape index (κ1) is 14.6. The highest BCUT2D eigenvalue weighted by atomic mass is 32.2. The second kappa shape index (κ2) is 7.09. The molecule has 2 unspecified atom stereocenters. The molecule has 2 aromatic rings. The van der Waals surface area contributed by atoms with E-state index in [2.05, 4.69) is 32.8 Å². The highest BCUT2D eigenvalue weighted by Crippen LogP contribution is 2.28. The number of H-pyrrole nitrogens is 1. The van der Waals surface area contributed by atoms with Crippen molar-refractivity contribution in [1.82, 2.24) is 20.5 Å². The van der Waals surface area contributed by atoms with E-state index >= 15 is 0 Å². The summed E-state index contributed by atoms with van der Waals surface area (Å²) >= 11 is 2.00. The second-order valence-electron chi connectivity index (χ2n) is 5.56. The molecule has 5 heteroatoms. The number of nitrogens with zero attached hydrogens (tertiary/aromatic N) is 2. The molecule has 0 radical (unpaired) electrons. The van der Waals surface area contributed by atoms with Crippen LogP contribution in [0.5, 0.6) is 0 Å². The third-order valence-electron chi connectivity index (χ3n) is 4.23. The summed E-state index contributed by atoms with van der Waals surface area (Å²) in [5.41, 5.74) is 3.39. The normalized spacial score (nSPS) is 22.3. The van der Waals surface area contributed by atoms with Crippen molar-refractivity contribution in [3.05, 3.63) is 36.3 Å². The van der Waals surface area contributed by atoms with E-state index in [0.29, 0.717) is 6.04 Å². The fourth-order valence-corrected chi connectivity index (χ4v) is 4.02. The lowest BCUT2D eigenvalue weighted by Gasteiger charge is -2.31. The Morgan fingerprint density at radius 2 is 2.24 bits per heavy atom. The number of nitrogens with one attached hydrogen (secondary N) is 2. The van der Waals surface area contributed by atoms with Gasteiger partial charge >= 0.3 is 0 Å². The van der Waals surface area contributed by atoms with Crippen molar-refractivity contribution in [2.75, 3.05) is 6.26 Å². The van der Waals surface area contributed by atoms with Crippen LogP contribution in [0.1, 0.15) is 31.2 Å². The molecule has 0 aliphatic heterocycles. The van der Waals surface area contributed by atoms with Crippen LogP contribution in [0, 0.1) is 0 Å². The Kier molecular flexibility index (Phi) is 4.93. The maximum absolute atomic E-state index is 4.20. The van der Waals surface area contributed by atoms with E-state index in [1.54, 1.807) is 6.20 Å². The zero-order valence-corrected chi connectivity index (χ0v) is 13.2. The molecule has 2 atom stereocenters. The van der Waals surface area contributed by atoms with Crippen LogP contribution in [0.15, 0.2) is 30.7 Å². The number of thioether (sulfide) groups is 1. The number of hydrogen-bond acceptors (Lipinski definition) is 4. The molecule has 1 saturated carbocycles. The summed E-state index contributed by atoms with van der Waals surface area (Å²) in [7, 11) is 0. The molecule has 112 valence electrons. The molecule has 2 aromatic heterocycles. The van der Waals surface area contributed by atoms with Crippen LogP contribution >= 0.6 is 11.8 Å². The third kappa shape index (κ3) is 3.47. The summed E-state index contributed by atoms with van der Waals surface area (Å²) in [6, 6.07) is 4.64. The Labute approximate surface area is 130 Å². The molecule has 0 saturated heterocycles. The van der Waals surface area contributed by atoms with Crippen molar-refractivity contribution in [1.29, 1.82) is 0 Å². The van der Waals surface area contributed by atoms with Gasteiger partial charge in [0.1, 0.15) is 0 Å². The number of aromatic amines is 1. The summed E-state index contributed by atoms with van der Waals surface area (Å²) in [5, 5.41) is 11.8. The zero-order valence-electron chi connectivity index (χ0n) is 12.4. The highest BCUT2D eigenvalue weighted by molar-refractivity contribution is 7.99. The third-order valence-corrected chi connectivity index (χ3v) is 5.40. The average Bonchev–Trinajstić information content (AvgIpc) is 3.02. The Morgan fingerprint density at radius 1 is 1.33 bits per heavy atom. The molecule has 3 rings (SSSR count). The fraction of sp³-hybridized carbons (Fsp3) is 0.500. The van der Waals surface area contributed by atoms with Crippen molar-refractivity contribution in [2.45, 2.75) is 43.5 Å². The first-order valence-corrected chi connectivity index (χ1v) is 8.86. The lowest BCUT2D eigenvalue weighted by Crippen LogP contribution is -2.39. The predicted molar refractivity (Wildman–Crippen MR) is 88.2 cm³/mol. The molecule has 2 heterocycles. The predicted octanol–water partition coefficient (Wildman–Crippen LogP) is 3.24. The van der Waals surface area contributed by atoms with Gasteiger partial charge in [0.05, 0.1) is 11.9 Å². The van der Waals surface area contributed by atoms with Crippen molar-refractivity contribution in [2.24, 2.45) is 0 Å². The van der Waals surface area contributed by atoms with Gasteiger partial charge in [0.15, 0.2) is 0 Å². The maximum atomic E-state index is 4.20. The Bertz CT molecular complexity index is 554. The summed E-state index contributed by atoms with van der Waals surface area (Å²) in [6.45, 7) is 0.864. The van der Waals surface area contributed by atoms with Gasteiger partial charge in [-0.05, 0) is 31.2 Å². The molecule has 0 bridgehead atoms. The van der Waals surface area contributed by atoms with Crippen LogP contribution in [0.4, 0.5) is 0 Å². The number of aromatic nitrogens is 3. The van der Waals surface area contributed by atoms with Crippen LogP contribution in [0.2, 0.25) is 0 Å². The Morgan fingerprint density at radius 3 is 3.05 bits per heavy atom. The van der Waals surface area contributed by atoms with E-state index in [0.717, 1.165) is 23.1 Å². The minimum absolute atomic E-state index is 0.616. The summed E-state index contributed by atoms with van der Waals surface area (Å²) in [4.78, 5) is 4.19. The van der Waals surface area contributed by atoms with Gasteiger partial charge in [0.25, 0.3) is 0 Å². The summed E-state index contributed by atoms with van der Waals surface area (Å²) in [6.07, 6.45) is 13.2. The molecule has 1 aliphatic carbocycles. The molecule has 2 N–H and O–H groups in total. The van der Waals surface area contributed by atoms with Crippen molar-refractivity contribution in [3.8, 4) is 11.3 Å². The second-order valence-corrected chi connectivity index (χ2v) is 6.63. The first-order valence-electron chi connectivity index (χ1n) is 7.57. The number of pyridine rings is 1. The van der Waals surface area contributed by atoms with Crippen LogP contribution in [-0.4, -0.2) is 32.7 Å². The topological polar surface area (TPSA) is 53.6 Å². The molecule has 0 amide bonds. The van der Waals surface area contributed by atoms with Crippen molar-refractivity contribution >= 4 is 11.8 Å². The van der Waals surface area contributed by atoms with E-state index in [1.807, 2.05) is 30.2 Å². The van der Waals surface area contributed by atoms with E-state index in [4.69, 9.17) is 0 Å². The Balaban J connectivity index is 1.67. The average molecular weight is 302 g/mol. The van der Waals surface area contributed by atoms with Crippen molar-refractivity contribution in [3.63, 3.8) is 0 Å². The smallest absolute Gasteiger partial charge is 0.0710 e. The molecule has 0 aromatic carbocycles. The molecular formula is C16H22N4S. The van der Waals surface area contributed by atoms with Crippen LogP contribution < -0.4 is 5.32 Å². The zero-order chi connectivity index (χ0) is 14.5. The highest BCUT2D eigenvalue weighted by Gasteiger charge is 2.24. The minimum Gasteiger partial charge on any atom is -0.309 e. The standard InChI is InChI=1S/C16H22N4S/c1-21-15-7-3-2-6-14(15)18-10-13-11-19-20-16(13)12-5-4-8-17-9-12/h4-5,8-9,11,14-15,18H,2-3,6-7,10H2,1H3,(H,19,20). The van der Waals surface area contributed by atoms with Gasteiger partial charge < -0.3 is 5.32 Å². The monoisotopic (exact) mass is 302 g/mol. The van der Waals surface area contributed by atoms with Crippen molar-refractivity contribution < 1.29 is 0 Å². The molecule has 21 heavy (non-hydrogen) atoms. The van der Waals surface area contributed by atoms with Crippen LogP contribution in [-0.2, 0) is 6.54 Å². The SMILES string of the molecule is CSC1CCCCC1NCc1cn[nH]c1-c1cccnc1. The fourth-order valence-electron chi connectivity index (χ4n) is 3.06. The van der Waals surface area contributed by atoms with Gasteiger partial charge in [0.2, 0.25) is 0 Å². The van der Waals surface area contributed by atoms with Gasteiger partial charge in [0, 0.05) is 41.4 Å². The van der Waals surface area contributed by atoms with Gasteiger partial charge in [-0.1, -0.05) is 12.8 Å². The summed E-state index contributed by atoms with van der Waals surface area (Å²) < 4.78 is 0. The minimum atomic E-state index is 0.616. The number of hydrogen-bond donors (Lipinski definition) is 2. The first-order chi connectivity index (χ1) is 10.4. The van der Waals surface area contributed by atoms with E-state index in [9.17, 15) is 0 Å². The number of rotatable bonds is 5. The van der Waals surface area contributed by atoms with E-state index < -0.39 is 0 Å². The lowest BCUT2D eigenvalue weighted by atomic mass is 9.94. The summed E-state index contributed by atoms with van der Waals surface area (Å²) in [5.74, 6) is 0. The quantitative estimate of drug-likeness (QED) is 0.890. The molecule has 4 nitrogen and oxygen atoms in total. The van der Waals surface area contributed by atoms with E-state index in [1.165, 1.54) is 31.2 Å². The van der Waals surface area contributed by atoms with Gasteiger partial charge in [-0.2, -0.15) is 16.9 Å². The molecule has 1 aliphatic rings. The molecular weight excluding hydrogens is 280 g/mol. The molecule has 1 fully saturated rings. The largest absolute Gasteiger partial charge is 0.309 e. The van der Waals surface area contributed by atoms with Gasteiger partial charge in [-0.3, -0.25) is 10.1 Å². The van der Waals surface area contributed by atoms with E-state index in [-0.39, 0.29) is 0 Å². The van der Waals surface area contributed by atoms with Crippen LogP contribution in [0.3, 0.4) is 0 Å².